The topological polar surface area (TPSA) is 0 Å². The Bertz CT molecular complexity index is 152. The maximum absolute atomic E-state index is 2.16. The molecule has 0 fully saturated rings. The average Bonchev–Trinajstić information content (AvgIpc) is 1.90. The molecule has 1 rings (SSSR count). The molecule has 1 heteroatoms. The third-order valence-corrected chi connectivity index (χ3v) is 1.28. The molecule has 0 N–H and O–H groups in total. The monoisotopic (exact) mass is 104 g/mol. The van der Waals surface area contributed by atoms with Crippen molar-refractivity contribution in [2.75, 3.05) is 0 Å². The molecule has 0 atom stereocenters. The number of rotatable bonds is 0. The van der Waals surface area contributed by atoms with Crippen LogP contribution in [-0.4, -0.2) is 12.4 Å². The van der Waals surface area contributed by atoms with Gasteiger partial charge in [0.25, 0.3) is 0 Å². The summed E-state index contributed by atoms with van der Waals surface area (Å²) < 4.78 is 0. The molecule has 0 heterocycles. The third-order valence-electron chi connectivity index (χ3n) is 1.28. The van der Waals surface area contributed by atoms with Gasteiger partial charge in [-0.25, -0.2) is 0 Å². The number of allylic oxidation sites excluding steroid dienone is 4. The average molecular weight is 104 g/mol. The molecular formula is C7H9B. The van der Waals surface area contributed by atoms with E-state index in [1.807, 2.05) is 0 Å². The Morgan fingerprint density at radius 2 is 2.38 bits per heavy atom. The first-order valence-corrected chi connectivity index (χ1v) is 2.92. The van der Waals surface area contributed by atoms with Crippen LogP contribution in [-0.2, 0) is 0 Å². The SMILES string of the molecule is CB=C1C=CC=CC1. The Labute approximate surface area is 50.8 Å². The Morgan fingerprint density at radius 1 is 1.50 bits per heavy atom. The third kappa shape index (κ3) is 1.19. The van der Waals surface area contributed by atoms with Crippen LogP contribution in [0.5, 0.6) is 0 Å². The molecule has 0 aromatic heterocycles. The summed E-state index contributed by atoms with van der Waals surface area (Å²) in [5.41, 5.74) is 1.41. The predicted molar refractivity (Wildman–Crippen MR) is 39.5 cm³/mol. The summed E-state index contributed by atoms with van der Waals surface area (Å²) in [6, 6.07) is 0. The van der Waals surface area contributed by atoms with Crippen LogP contribution in [0.4, 0.5) is 0 Å². The molecule has 0 radical (unpaired) electrons. The fourth-order valence-corrected chi connectivity index (χ4v) is 0.744. The zero-order chi connectivity index (χ0) is 5.82. The standard InChI is InChI=1S/C7H9B/c1-8-7-5-3-2-4-6-7/h2-5H,6H2,1H3. The van der Waals surface area contributed by atoms with E-state index in [0.29, 0.717) is 0 Å². The van der Waals surface area contributed by atoms with Crippen LogP contribution in [0.3, 0.4) is 0 Å². The van der Waals surface area contributed by atoms with Gasteiger partial charge in [-0.3, -0.25) is 0 Å². The van der Waals surface area contributed by atoms with Crippen molar-refractivity contribution in [2.45, 2.75) is 13.2 Å². The molecule has 0 aromatic rings. The van der Waals surface area contributed by atoms with E-state index in [1.54, 1.807) is 0 Å². The minimum absolute atomic E-state index is 1.10. The normalized spacial score (nSPS) is 21.4. The van der Waals surface area contributed by atoms with Gasteiger partial charge in [0.05, 0.1) is 0 Å². The summed E-state index contributed by atoms with van der Waals surface area (Å²) >= 11 is 0. The van der Waals surface area contributed by atoms with Gasteiger partial charge in [0.2, 0.25) is 0 Å². The summed E-state index contributed by atoms with van der Waals surface area (Å²) in [5, 5.41) is 0. The molecule has 40 valence electrons. The zero-order valence-electron chi connectivity index (χ0n) is 5.09. The summed E-state index contributed by atoms with van der Waals surface area (Å²) in [6.07, 6.45) is 9.55. The van der Waals surface area contributed by atoms with Crippen molar-refractivity contribution < 1.29 is 0 Å². The molecule has 8 heavy (non-hydrogen) atoms. The van der Waals surface area contributed by atoms with Crippen LogP contribution in [0.25, 0.3) is 0 Å². The van der Waals surface area contributed by atoms with Gasteiger partial charge in [-0.2, -0.15) is 0 Å². The number of hydrogen-bond acceptors (Lipinski definition) is 0. The van der Waals surface area contributed by atoms with Crippen molar-refractivity contribution in [3.05, 3.63) is 24.3 Å². The van der Waals surface area contributed by atoms with Crippen molar-refractivity contribution >= 4 is 12.4 Å². The summed E-state index contributed by atoms with van der Waals surface area (Å²) in [4.78, 5) is 0. The summed E-state index contributed by atoms with van der Waals surface area (Å²) in [7, 11) is 0. The minimum atomic E-state index is 1.10. The molecular weight excluding hydrogens is 94.9 g/mol. The first-order valence-electron chi connectivity index (χ1n) is 2.92. The summed E-state index contributed by atoms with van der Waals surface area (Å²) in [5.74, 6) is 0. The van der Waals surface area contributed by atoms with E-state index in [4.69, 9.17) is 0 Å². The molecule has 0 bridgehead atoms. The molecule has 0 nitrogen and oxygen atoms in total. The molecule has 0 unspecified atom stereocenters. The van der Waals surface area contributed by atoms with Crippen LogP contribution >= 0.6 is 0 Å². The molecule has 0 amide bonds. The molecule has 1 aliphatic rings. The van der Waals surface area contributed by atoms with Gasteiger partial charge in [0.1, 0.15) is 0 Å². The predicted octanol–water partition coefficient (Wildman–Crippen LogP) is 1.43. The van der Waals surface area contributed by atoms with E-state index < -0.39 is 0 Å². The number of hydrogen-bond donors (Lipinski definition) is 0. The van der Waals surface area contributed by atoms with Crippen LogP contribution < -0.4 is 0 Å². The Kier molecular flexibility index (Phi) is 1.84. The van der Waals surface area contributed by atoms with E-state index in [2.05, 4.69) is 38.0 Å². The maximum atomic E-state index is 2.16. The first-order chi connectivity index (χ1) is 3.93. The second kappa shape index (κ2) is 2.66. The van der Waals surface area contributed by atoms with Crippen LogP contribution in [0.15, 0.2) is 24.3 Å². The van der Waals surface area contributed by atoms with Gasteiger partial charge in [-0.15, -0.1) is 0 Å². The van der Waals surface area contributed by atoms with Gasteiger partial charge in [-0.1, -0.05) is 0 Å². The van der Waals surface area contributed by atoms with E-state index in [0.717, 1.165) is 6.42 Å². The van der Waals surface area contributed by atoms with Gasteiger partial charge < -0.3 is 0 Å². The van der Waals surface area contributed by atoms with E-state index in [-0.39, 0.29) is 0 Å². The van der Waals surface area contributed by atoms with Gasteiger partial charge in [0, 0.05) is 0 Å². The quantitative estimate of drug-likeness (QED) is 0.407. The van der Waals surface area contributed by atoms with Crippen LogP contribution in [0, 0.1) is 0 Å². The molecule has 0 aliphatic heterocycles. The van der Waals surface area contributed by atoms with Crippen molar-refractivity contribution in [2.24, 2.45) is 0 Å². The molecule has 0 saturated heterocycles. The van der Waals surface area contributed by atoms with Crippen molar-refractivity contribution in [3.8, 4) is 0 Å². The van der Waals surface area contributed by atoms with Gasteiger partial charge >= 0.3 is 49.9 Å². The first kappa shape index (κ1) is 5.55. The Balaban J connectivity index is 2.66. The molecule has 1 aliphatic carbocycles. The van der Waals surface area contributed by atoms with E-state index >= 15 is 0 Å². The van der Waals surface area contributed by atoms with E-state index in [9.17, 15) is 0 Å². The molecule has 0 saturated carbocycles. The molecule has 0 spiro atoms. The second-order valence-electron chi connectivity index (χ2n) is 1.85. The van der Waals surface area contributed by atoms with Crippen molar-refractivity contribution in [1.29, 1.82) is 0 Å². The molecule has 0 aromatic carbocycles. The van der Waals surface area contributed by atoms with Gasteiger partial charge in [0.15, 0.2) is 0 Å². The second-order valence-corrected chi connectivity index (χ2v) is 1.85. The van der Waals surface area contributed by atoms with Gasteiger partial charge in [-0.05, 0) is 0 Å². The fraction of sp³-hybridized carbons (Fsp3) is 0.286. The van der Waals surface area contributed by atoms with Crippen LogP contribution in [0.2, 0.25) is 6.82 Å². The van der Waals surface area contributed by atoms with Crippen molar-refractivity contribution in [3.63, 3.8) is 0 Å². The zero-order valence-corrected chi connectivity index (χ0v) is 5.09. The Hall–Kier alpha value is -0.585. The van der Waals surface area contributed by atoms with Crippen molar-refractivity contribution in [1.82, 2.24) is 0 Å². The Morgan fingerprint density at radius 3 is 2.75 bits per heavy atom. The van der Waals surface area contributed by atoms with E-state index in [1.165, 1.54) is 5.46 Å². The van der Waals surface area contributed by atoms with Crippen LogP contribution in [0.1, 0.15) is 6.42 Å². The fourth-order valence-electron chi connectivity index (χ4n) is 0.744. The summed E-state index contributed by atoms with van der Waals surface area (Å²) in [6.45, 7) is 4.21.